The van der Waals surface area contributed by atoms with Gasteiger partial charge in [-0.25, -0.2) is 0 Å². The van der Waals surface area contributed by atoms with Crippen molar-refractivity contribution in [2.45, 2.75) is 58.5 Å². The molecular weight excluding hydrogens is 176 g/mol. The van der Waals surface area contributed by atoms with Gasteiger partial charge in [0.15, 0.2) is 0 Å². The molecule has 0 aromatic rings. The van der Waals surface area contributed by atoms with E-state index < -0.39 is 5.60 Å². The predicted octanol–water partition coefficient (Wildman–Crippen LogP) is 2.34. The molecule has 1 fully saturated rings. The molecular formula is C12H24O2. The zero-order valence-corrected chi connectivity index (χ0v) is 9.71. The number of aliphatic hydroxyl groups is 2. The van der Waals surface area contributed by atoms with E-state index in [9.17, 15) is 10.2 Å². The number of hydrogen-bond donors (Lipinski definition) is 2. The van der Waals surface area contributed by atoms with E-state index in [1.54, 1.807) is 0 Å². The largest absolute Gasteiger partial charge is 0.396 e. The maximum atomic E-state index is 10.6. The van der Waals surface area contributed by atoms with Crippen LogP contribution in [0.25, 0.3) is 0 Å². The van der Waals surface area contributed by atoms with Crippen molar-refractivity contribution < 1.29 is 10.2 Å². The summed E-state index contributed by atoms with van der Waals surface area (Å²) in [6, 6.07) is 0. The molecule has 1 rings (SSSR count). The smallest absolute Gasteiger partial charge is 0.0725 e. The molecule has 0 radical (unpaired) electrons. The first kappa shape index (κ1) is 12.0. The summed E-state index contributed by atoms with van der Waals surface area (Å²) in [5, 5.41) is 20.0. The highest BCUT2D eigenvalue weighted by molar-refractivity contribution is 4.98. The summed E-state index contributed by atoms with van der Waals surface area (Å²) in [6.45, 7) is 6.34. The maximum absolute atomic E-state index is 10.6. The molecule has 84 valence electrons. The lowest BCUT2D eigenvalue weighted by atomic mass is 9.63. The van der Waals surface area contributed by atoms with Gasteiger partial charge in [0, 0.05) is 5.41 Å². The number of aliphatic hydroxyl groups excluding tert-OH is 1. The first-order valence-electron chi connectivity index (χ1n) is 5.81. The lowest BCUT2D eigenvalue weighted by molar-refractivity contribution is -0.132. The molecule has 2 heteroatoms. The van der Waals surface area contributed by atoms with Crippen LogP contribution in [0.3, 0.4) is 0 Å². The van der Waals surface area contributed by atoms with E-state index >= 15 is 0 Å². The van der Waals surface area contributed by atoms with Crippen LogP contribution in [-0.2, 0) is 0 Å². The highest BCUT2D eigenvalue weighted by Gasteiger charge is 2.46. The van der Waals surface area contributed by atoms with Gasteiger partial charge >= 0.3 is 0 Å². The Morgan fingerprint density at radius 2 is 2.14 bits per heavy atom. The van der Waals surface area contributed by atoms with Crippen LogP contribution in [0.2, 0.25) is 0 Å². The molecule has 0 saturated heterocycles. The predicted molar refractivity (Wildman–Crippen MR) is 58.1 cm³/mol. The molecule has 0 bridgehead atoms. The van der Waals surface area contributed by atoms with Gasteiger partial charge < -0.3 is 10.2 Å². The van der Waals surface area contributed by atoms with Gasteiger partial charge in [-0.2, -0.15) is 0 Å². The van der Waals surface area contributed by atoms with Crippen molar-refractivity contribution in [1.82, 2.24) is 0 Å². The third-order valence-corrected chi connectivity index (χ3v) is 4.23. The second kappa shape index (κ2) is 4.19. The number of hydrogen-bond acceptors (Lipinski definition) is 2. The summed E-state index contributed by atoms with van der Waals surface area (Å²) < 4.78 is 0. The van der Waals surface area contributed by atoms with E-state index in [1.165, 1.54) is 6.42 Å². The Labute approximate surface area is 87.3 Å². The van der Waals surface area contributed by atoms with E-state index in [4.69, 9.17) is 0 Å². The van der Waals surface area contributed by atoms with Crippen LogP contribution in [0.1, 0.15) is 52.9 Å². The Kier molecular flexibility index (Phi) is 3.59. The SMILES string of the molecule is CCC(C)(CO)C1(O)CCCC(C)C1. The van der Waals surface area contributed by atoms with E-state index in [1.807, 2.05) is 13.8 Å². The molecule has 0 spiro atoms. The van der Waals surface area contributed by atoms with Gasteiger partial charge in [-0.1, -0.05) is 33.6 Å². The minimum absolute atomic E-state index is 0.0900. The fourth-order valence-corrected chi connectivity index (χ4v) is 2.66. The van der Waals surface area contributed by atoms with Crippen molar-refractivity contribution in [3.63, 3.8) is 0 Å². The lowest BCUT2D eigenvalue weighted by Gasteiger charge is -2.47. The zero-order chi connectivity index (χ0) is 10.8. The van der Waals surface area contributed by atoms with Crippen molar-refractivity contribution in [3.05, 3.63) is 0 Å². The maximum Gasteiger partial charge on any atom is 0.0725 e. The summed E-state index contributed by atoms with van der Waals surface area (Å²) in [5.41, 5.74) is -0.962. The molecule has 0 aromatic heterocycles. The summed E-state index contributed by atoms with van der Waals surface area (Å²) in [6.07, 6.45) is 4.84. The molecule has 1 aliphatic carbocycles. The molecule has 1 aliphatic rings. The van der Waals surface area contributed by atoms with Gasteiger partial charge in [0.25, 0.3) is 0 Å². The van der Waals surface area contributed by atoms with Crippen LogP contribution in [0.15, 0.2) is 0 Å². The minimum Gasteiger partial charge on any atom is -0.396 e. The zero-order valence-electron chi connectivity index (χ0n) is 9.71. The van der Waals surface area contributed by atoms with Crippen LogP contribution in [-0.4, -0.2) is 22.4 Å². The molecule has 2 N–H and O–H groups in total. The fraction of sp³-hybridized carbons (Fsp3) is 1.00. The molecule has 0 aromatic carbocycles. The van der Waals surface area contributed by atoms with Crippen molar-refractivity contribution >= 4 is 0 Å². The molecule has 3 unspecified atom stereocenters. The first-order valence-corrected chi connectivity index (χ1v) is 5.81. The quantitative estimate of drug-likeness (QED) is 0.734. The Balaban J connectivity index is 2.80. The van der Waals surface area contributed by atoms with E-state index in [0.717, 1.165) is 25.7 Å². The second-order valence-electron chi connectivity index (χ2n) is 5.31. The van der Waals surface area contributed by atoms with Crippen molar-refractivity contribution in [3.8, 4) is 0 Å². The van der Waals surface area contributed by atoms with E-state index in [0.29, 0.717) is 5.92 Å². The third kappa shape index (κ3) is 1.96. The molecule has 0 aliphatic heterocycles. The van der Waals surface area contributed by atoms with Crippen molar-refractivity contribution in [1.29, 1.82) is 0 Å². The van der Waals surface area contributed by atoms with Gasteiger partial charge in [-0.05, 0) is 25.2 Å². The van der Waals surface area contributed by atoms with Gasteiger partial charge in [-0.15, -0.1) is 0 Å². The summed E-state index contributed by atoms with van der Waals surface area (Å²) in [4.78, 5) is 0. The van der Waals surface area contributed by atoms with Gasteiger partial charge in [0.1, 0.15) is 0 Å². The third-order valence-electron chi connectivity index (χ3n) is 4.23. The fourth-order valence-electron chi connectivity index (χ4n) is 2.66. The molecule has 2 nitrogen and oxygen atoms in total. The summed E-state index contributed by atoms with van der Waals surface area (Å²) in [7, 11) is 0. The van der Waals surface area contributed by atoms with Crippen LogP contribution >= 0.6 is 0 Å². The topological polar surface area (TPSA) is 40.5 Å². The average molecular weight is 200 g/mol. The highest BCUT2D eigenvalue weighted by atomic mass is 16.3. The van der Waals surface area contributed by atoms with Crippen LogP contribution < -0.4 is 0 Å². The summed E-state index contributed by atoms with van der Waals surface area (Å²) >= 11 is 0. The van der Waals surface area contributed by atoms with Crippen molar-refractivity contribution in [2.24, 2.45) is 11.3 Å². The van der Waals surface area contributed by atoms with Crippen LogP contribution in [0.4, 0.5) is 0 Å². The van der Waals surface area contributed by atoms with Crippen molar-refractivity contribution in [2.75, 3.05) is 6.61 Å². The molecule has 1 saturated carbocycles. The molecule has 14 heavy (non-hydrogen) atoms. The van der Waals surface area contributed by atoms with E-state index in [2.05, 4.69) is 6.92 Å². The normalized spacial score (nSPS) is 37.9. The minimum atomic E-state index is -0.645. The second-order valence-corrected chi connectivity index (χ2v) is 5.31. The van der Waals surface area contributed by atoms with Crippen LogP contribution in [0.5, 0.6) is 0 Å². The first-order chi connectivity index (χ1) is 6.47. The Hall–Kier alpha value is -0.0800. The lowest BCUT2D eigenvalue weighted by Crippen LogP contribution is -2.51. The van der Waals surface area contributed by atoms with Crippen LogP contribution in [0, 0.1) is 11.3 Å². The highest BCUT2D eigenvalue weighted by Crippen LogP contribution is 2.45. The Bertz CT molecular complexity index is 187. The van der Waals surface area contributed by atoms with E-state index in [-0.39, 0.29) is 12.0 Å². The van der Waals surface area contributed by atoms with Gasteiger partial charge in [0.05, 0.1) is 12.2 Å². The summed E-state index contributed by atoms with van der Waals surface area (Å²) in [5.74, 6) is 0.589. The molecule has 3 atom stereocenters. The van der Waals surface area contributed by atoms with Gasteiger partial charge in [-0.3, -0.25) is 0 Å². The van der Waals surface area contributed by atoms with Gasteiger partial charge in [0.2, 0.25) is 0 Å². The number of rotatable bonds is 3. The molecule has 0 amide bonds. The Morgan fingerprint density at radius 3 is 2.57 bits per heavy atom. The standard InChI is InChI=1S/C12H24O2/c1-4-11(3,9-13)12(14)7-5-6-10(2)8-12/h10,13-14H,4-9H2,1-3H3. The monoisotopic (exact) mass is 200 g/mol. The Morgan fingerprint density at radius 1 is 1.50 bits per heavy atom. The average Bonchev–Trinajstić information content (AvgIpc) is 2.16. The molecule has 0 heterocycles.